The van der Waals surface area contributed by atoms with Crippen LogP contribution >= 0.6 is 11.6 Å². The van der Waals surface area contributed by atoms with Crippen molar-refractivity contribution in [3.63, 3.8) is 0 Å². The summed E-state index contributed by atoms with van der Waals surface area (Å²) in [7, 11) is 1.97. The summed E-state index contributed by atoms with van der Waals surface area (Å²) in [6.07, 6.45) is 9.89. The van der Waals surface area contributed by atoms with E-state index < -0.39 is 0 Å². The van der Waals surface area contributed by atoms with E-state index in [2.05, 4.69) is 17.1 Å². The average molecular weight is 247 g/mol. The highest BCUT2D eigenvalue weighted by atomic mass is 35.5. The van der Waals surface area contributed by atoms with Gasteiger partial charge < -0.3 is 4.57 Å². The van der Waals surface area contributed by atoms with E-state index in [-0.39, 0.29) is 0 Å². The molecule has 1 aromatic carbocycles. The fourth-order valence-electron chi connectivity index (χ4n) is 1.66. The number of halogens is 1. The number of hydrogen-bond acceptors (Lipinski definition) is 1. The van der Waals surface area contributed by atoms with E-state index in [0.29, 0.717) is 0 Å². The highest BCUT2D eigenvalue weighted by molar-refractivity contribution is 6.31. The summed E-state index contributed by atoms with van der Waals surface area (Å²) < 4.78 is 1.94. The highest BCUT2D eigenvalue weighted by Crippen LogP contribution is 2.16. The van der Waals surface area contributed by atoms with E-state index in [4.69, 9.17) is 11.6 Å². The van der Waals surface area contributed by atoms with Gasteiger partial charge in [0.1, 0.15) is 0 Å². The Morgan fingerprint density at radius 1 is 1.35 bits per heavy atom. The lowest BCUT2D eigenvalue weighted by Crippen LogP contribution is -1.84. The molecule has 0 spiro atoms. The normalized spacial score (nSPS) is 11.2. The number of hydrogen-bond donors (Lipinski definition) is 0. The lowest BCUT2D eigenvalue weighted by Gasteiger charge is -2.00. The lowest BCUT2D eigenvalue weighted by molar-refractivity contribution is 0.913. The minimum Gasteiger partial charge on any atom is -0.340 e. The standard InChI is InChI=1S/C14H15ClN2/c1-17-10-13(16-11-17)8-4-2-6-12-7-3-5-9-14(12)15/h3-5,7-11H,2,6H2,1H3. The van der Waals surface area contributed by atoms with E-state index in [0.717, 1.165) is 23.6 Å². The summed E-state index contributed by atoms with van der Waals surface area (Å²) in [5.41, 5.74) is 2.19. The maximum atomic E-state index is 6.08. The maximum Gasteiger partial charge on any atom is 0.0950 e. The van der Waals surface area contributed by atoms with Crippen molar-refractivity contribution in [3.05, 3.63) is 59.1 Å². The van der Waals surface area contributed by atoms with Gasteiger partial charge in [-0.2, -0.15) is 0 Å². The number of rotatable bonds is 4. The van der Waals surface area contributed by atoms with Crippen LogP contribution in [-0.2, 0) is 13.5 Å². The van der Waals surface area contributed by atoms with Crippen molar-refractivity contribution < 1.29 is 0 Å². The molecule has 0 unspecified atom stereocenters. The molecular weight excluding hydrogens is 232 g/mol. The number of benzene rings is 1. The van der Waals surface area contributed by atoms with Gasteiger partial charge in [-0.25, -0.2) is 4.98 Å². The third-order valence-corrected chi connectivity index (χ3v) is 2.92. The fourth-order valence-corrected chi connectivity index (χ4v) is 1.89. The van der Waals surface area contributed by atoms with Crippen LogP contribution in [0.15, 0.2) is 42.9 Å². The van der Waals surface area contributed by atoms with Gasteiger partial charge in [0.2, 0.25) is 0 Å². The van der Waals surface area contributed by atoms with Crippen LogP contribution in [0.2, 0.25) is 5.02 Å². The van der Waals surface area contributed by atoms with Crippen LogP contribution < -0.4 is 0 Å². The zero-order chi connectivity index (χ0) is 12.1. The Morgan fingerprint density at radius 2 is 2.18 bits per heavy atom. The first kappa shape index (κ1) is 11.9. The predicted octanol–water partition coefficient (Wildman–Crippen LogP) is 3.72. The third kappa shape index (κ3) is 3.46. The first-order valence-electron chi connectivity index (χ1n) is 5.63. The molecule has 3 heteroatoms. The Kier molecular flexibility index (Phi) is 3.99. The quantitative estimate of drug-likeness (QED) is 0.804. The number of aryl methyl sites for hydroxylation is 2. The minimum atomic E-state index is 0.846. The summed E-state index contributed by atoms with van der Waals surface area (Å²) in [5.74, 6) is 0. The molecule has 0 saturated carbocycles. The first-order chi connectivity index (χ1) is 8.25. The molecular formula is C14H15ClN2. The van der Waals surface area contributed by atoms with Crippen molar-refractivity contribution in [2.45, 2.75) is 12.8 Å². The molecule has 2 nitrogen and oxygen atoms in total. The largest absolute Gasteiger partial charge is 0.340 e. The molecule has 0 aliphatic rings. The van der Waals surface area contributed by atoms with Gasteiger partial charge in [0.05, 0.1) is 12.0 Å². The van der Waals surface area contributed by atoms with Gasteiger partial charge >= 0.3 is 0 Å². The van der Waals surface area contributed by atoms with Gasteiger partial charge in [0, 0.05) is 18.3 Å². The monoisotopic (exact) mass is 246 g/mol. The predicted molar refractivity (Wildman–Crippen MR) is 72.0 cm³/mol. The molecule has 0 saturated heterocycles. The molecule has 88 valence electrons. The van der Waals surface area contributed by atoms with Crippen LogP contribution in [0, 0.1) is 0 Å². The molecule has 0 fully saturated rings. The van der Waals surface area contributed by atoms with Crippen LogP contribution in [0.3, 0.4) is 0 Å². The summed E-state index contributed by atoms with van der Waals surface area (Å²) >= 11 is 6.08. The Bertz CT molecular complexity index is 514. The molecule has 2 rings (SSSR count). The van der Waals surface area contributed by atoms with Gasteiger partial charge in [-0.3, -0.25) is 0 Å². The molecule has 0 N–H and O–H groups in total. The molecule has 0 amide bonds. The fraction of sp³-hybridized carbons (Fsp3) is 0.214. The molecule has 2 aromatic rings. The zero-order valence-corrected chi connectivity index (χ0v) is 10.6. The minimum absolute atomic E-state index is 0.846. The van der Waals surface area contributed by atoms with E-state index >= 15 is 0 Å². The van der Waals surface area contributed by atoms with Crippen LogP contribution in [0.4, 0.5) is 0 Å². The van der Waals surface area contributed by atoms with E-state index in [1.165, 1.54) is 5.56 Å². The Labute approximate surface area is 107 Å². The van der Waals surface area contributed by atoms with Gasteiger partial charge in [0.15, 0.2) is 0 Å². The topological polar surface area (TPSA) is 17.8 Å². The number of allylic oxidation sites excluding steroid dienone is 1. The Hall–Kier alpha value is -1.54. The summed E-state index contributed by atoms with van der Waals surface area (Å²) in [6.45, 7) is 0. The summed E-state index contributed by atoms with van der Waals surface area (Å²) in [4.78, 5) is 4.23. The van der Waals surface area contributed by atoms with Gasteiger partial charge in [0.25, 0.3) is 0 Å². The second kappa shape index (κ2) is 5.69. The molecule has 17 heavy (non-hydrogen) atoms. The van der Waals surface area contributed by atoms with Crippen molar-refractivity contribution >= 4 is 17.7 Å². The van der Waals surface area contributed by atoms with Gasteiger partial charge in [-0.05, 0) is 30.5 Å². The van der Waals surface area contributed by atoms with Crippen molar-refractivity contribution in [1.29, 1.82) is 0 Å². The SMILES string of the molecule is Cn1cnc(C=CCCc2ccccc2Cl)c1. The molecule has 0 bridgehead atoms. The summed E-state index contributed by atoms with van der Waals surface area (Å²) in [5, 5.41) is 0.846. The van der Waals surface area contributed by atoms with Crippen LogP contribution in [0.1, 0.15) is 17.7 Å². The average Bonchev–Trinajstić information content (AvgIpc) is 2.73. The molecule has 0 aliphatic heterocycles. The molecule has 0 aliphatic carbocycles. The van der Waals surface area contributed by atoms with Crippen molar-refractivity contribution in [1.82, 2.24) is 9.55 Å². The lowest BCUT2D eigenvalue weighted by atomic mass is 10.1. The second-order valence-electron chi connectivity index (χ2n) is 4.00. The Morgan fingerprint density at radius 3 is 2.88 bits per heavy atom. The van der Waals surface area contributed by atoms with Crippen molar-refractivity contribution in [2.75, 3.05) is 0 Å². The third-order valence-electron chi connectivity index (χ3n) is 2.55. The van der Waals surface area contributed by atoms with Crippen LogP contribution in [0.25, 0.3) is 6.08 Å². The molecule has 1 aromatic heterocycles. The molecule has 0 radical (unpaired) electrons. The highest BCUT2D eigenvalue weighted by Gasteiger charge is 1.96. The Balaban J connectivity index is 1.88. The van der Waals surface area contributed by atoms with Gasteiger partial charge in [-0.15, -0.1) is 0 Å². The van der Waals surface area contributed by atoms with Crippen LogP contribution in [-0.4, -0.2) is 9.55 Å². The number of aromatic nitrogens is 2. The number of imidazole rings is 1. The van der Waals surface area contributed by atoms with E-state index in [1.807, 2.05) is 42.1 Å². The van der Waals surface area contributed by atoms with Crippen LogP contribution in [0.5, 0.6) is 0 Å². The summed E-state index contributed by atoms with van der Waals surface area (Å²) in [6, 6.07) is 7.97. The van der Waals surface area contributed by atoms with Crippen molar-refractivity contribution in [3.8, 4) is 0 Å². The first-order valence-corrected chi connectivity index (χ1v) is 6.01. The second-order valence-corrected chi connectivity index (χ2v) is 4.40. The van der Waals surface area contributed by atoms with E-state index in [9.17, 15) is 0 Å². The number of nitrogens with zero attached hydrogens (tertiary/aromatic N) is 2. The molecule has 0 atom stereocenters. The maximum absolute atomic E-state index is 6.08. The van der Waals surface area contributed by atoms with Gasteiger partial charge in [-0.1, -0.05) is 35.9 Å². The smallest absolute Gasteiger partial charge is 0.0950 e. The molecule has 1 heterocycles. The van der Waals surface area contributed by atoms with E-state index in [1.54, 1.807) is 6.33 Å². The van der Waals surface area contributed by atoms with Crippen molar-refractivity contribution in [2.24, 2.45) is 7.05 Å². The zero-order valence-electron chi connectivity index (χ0n) is 9.81.